The Labute approximate surface area is 149 Å². The van der Waals surface area contributed by atoms with Gasteiger partial charge in [-0.1, -0.05) is 30.3 Å². The molecule has 1 aromatic heterocycles. The summed E-state index contributed by atoms with van der Waals surface area (Å²) in [4.78, 5) is 25.7. The number of hydrogen-bond donors (Lipinski definition) is 2. The highest BCUT2D eigenvalue weighted by Gasteiger charge is 2.24. The van der Waals surface area contributed by atoms with E-state index in [4.69, 9.17) is 5.73 Å². The van der Waals surface area contributed by atoms with Gasteiger partial charge in [-0.3, -0.25) is 14.5 Å². The van der Waals surface area contributed by atoms with Crippen molar-refractivity contribution in [2.45, 2.75) is 13.5 Å². The predicted octanol–water partition coefficient (Wildman–Crippen LogP) is 3.40. The van der Waals surface area contributed by atoms with Crippen LogP contribution >= 0.6 is 11.3 Å². The van der Waals surface area contributed by atoms with Gasteiger partial charge in [0, 0.05) is 16.8 Å². The summed E-state index contributed by atoms with van der Waals surface area (Å²) in [5.41, 5.74) is 7.81. The summed E-state index contributed by atoms with van der Waals surface area (Å²) in [6, 6.07) is 14.8. The van der Waals surface area contributed by atoms with E-state index in [-0.39, 0.29) is 12.5 Å². The minimum absolute atomic E-state index is 0.321. The number of anilines is 1. The maximum atomic E-state index is 13.0. The van der Waals surface area contributed by atoms with Gasteiger partial charge in [0.2, 0.25) is 0 Å². The van der Waals surface area contributed by atoms with E-state index >= 15 is 0 Å². The first-order valence-corrected chi connectivity index (χ1v) is 8.63. The van der Waals surface area contributed by atoms with E-state index in [9.17, 15) is 14.7 Å². The lowest BCUT2D eigenvalue weighted by molar-refractivity contribution is -0.135. The maximum Gasteiger partial charge on any atom is 0.323 e. The number of carbonyl (C=O) groups is 2. The molecule has 0 aliphatic heterocycles. The van der Waals surface area contributed by atoms with Crippen molar-refractivity contribution in [3.05, 3.63) is 65.2 Å². The van der Waals surface area contributed by atoms with E-state index in [1.807, 2.05) is 37.3 Å². The third kappa shape index (κ3) is 3.40. The monoisotopic (exact) mass is 354 g/mol. The summed E-state index contributed by atoms with van der Waals surface area (Å²) in [7, 11) is 0. The van der Waals surface area contributed by atoms with Crippen LogP contribution in [0.3, 0.4) is 0 Å². The molecule has 3 N–H and O–H groups in total. The molecule has 0 bridgehead atoms. The normalized spacial score (nSPS) is 10.8. The van der Waals surface area contributed by atoms with Gasteiger partial charge in [0.1, 0.15) is 11.5 Å². The molecule has 0 unspecified atom stereocenters. The molecular weight excluding hydrogens is 336 g/mol. The number of carboxylic acids is 1. The van der Waals surface area contributed by atoms with Crippen LogP contribution in [-0.2, 0) is 11.3 Å². The summed E-state index contributed by atoms with van der Waals surface area (Å²) < 4.78 is 1.02. The predicted molar refractivity (Wildman–Crippen MR) is 100 cm³/mol. The van der Waals surface area contributed by atoms with Gasteiger partial charge in [-0.2, -0.15) is 0 Å². The number of aryl methyl sites for hydroxylation is 1. The third-order valence-corrected chi connectivity index (χ3v) is 5.31. The minimum atomic E-state index is -1.06. The zero-order valence-electron chi connectivity index (χ0n) is 13.7. The first-order chi connectivity index (χ1) is 12.0. The standard InChI is InChI=1S/C19H18N2O3S/c1-12-15-7-2-3-8-16(15)25-19(12)21(11-17(22)23)18(24)14-6-4-5-13(9-14)10-20/h2-9H,10-11,20H2,1H3,(H,22,23). The van der Waals surface area contributed by atoms with Gasteiger partial charge in [0.05, 0.1) is 0 Å². The molecule has 0 saturated heterocycles. The molecule has 0 radical (unpaired) electrons. The number of aliphatic carboxylic acids is 1. The SMILES string of the molecule is Cc1c(N(CC(=O)O)C(=O)c2cccc(CN)c2)sc2ccccc12. The Morgan fingerprint density at radius 1 is 1.16 bits per heavy atom. The number of amides is 1. The van der Waals surface area contributed by atoms with Crippen LogP contribution in [0, 0.1) is 6.92 Å². The van der Waals surface area contributed by atoms with Crippen molar-refractivity contribution in [2.24, 2.45) is 5.73 Å². The highest BCUT2D eigenvalue weighted by Crippen LogP contribution is 2.38. The molecule has 1 heterocycles. The molecule has 1 amide bonds. The molecule has 25 heavy (non-hydrogen) atoms. The second-order valence-corrected chi connectivity index (χ2v) is 6.75. The second kappa shape index (κ2) is 7.04. The Bertz CT molecular complexity index is 949. The highest BCUT2D eigenvalue weighted by atomic mass is 32.1. The fourth-order valence-electron chi connectivity index (χ4n) is 2.78. The zero-order valence-corrected chi connectivity index (χ0v) is 14.5. The van der Waals surface area contributed by atoms with Crippen molar-refractivity contribution in [1.29, 1.82) is 0 Å². The number of thiophene rings is 1. The molecular formula is C19H18N2O3S. The lowest BCUT2D eigenvalue weighted by atomic mass is 10.1. The van der Waals surface area contributed by atoms with Crippen molar-refractivity contribution >= 4 is 38.3 Å². The summed E-state index contributed by atoms with van der Waals surface area (Å²) >= 11 is 1.42. The fourth-order valence-corrected chi connectivity index (χ4v) is 3.98. The molecule has 0 saturated carbocycles. The van der Waals surface area contributed by atoms with E-state index in [2.05, 4.69) is 0 Å². The van der Waals surface area contributed by atoms with Crippen LogP contribution in [0.15, 0.2) is 48.5 Å². The van der Waals surface area contributed by atoms with Crippen LogP contribution in [0.1, 0.15) is 21.5 Å². The average Bonchev–Trinajstić information content (AvgIpc) is 2.96. The second-order valence-electron chi connectivity index (χ2n) is 5.72. The topological polar surface area (TPSA) is 83.6 Å². The smallest absolute Gasteiger partial charge is 0.323 e. The van der Waals surface area contributed by atoms with Crippen molar-refractivity contribution in [3.8, 4) is 0 Å². The van der Waals surface area contributed by atoms with Gasteiger partial charge < -0.3 is 10.8 Å². The van der Waals surface area contributed by atoms with Crippen LogP contribution in [0.2, 0.25) is 0 Å². The van der Waals surface area contributed by atoms with Gasteiger partial charge in [0.15, 0.2) is 0 Å². The fraction of sp³-hybridized carbons (Fsp3) is 0.158. The minimum Gasteiger partial charge on any atom is -0.480 e. The molecule has 0 aliphatic carbocycles. The Morgan fingerprint density at radius 2 is 1.92 bits per heavy atom. The Balaban J connectivity index is 2.08. The molecule has 3 aromatic rings. The van der Waals surface area contributed by atoms with Crippen LogP contribution in [0.4, 0.5) is 5.00 Å². The van der Waals surface area contributed by atoms with Crippen LogP contribution < -0.4 is 10.6 Å². The summed E-state index contributed by atoms with van der Waals surface area (Å²) in [5.74, 6) is -1.40. The van der Waals surface area contributed by atoms with Crippen molar-refractivity contribution < 1.29 is 14.7 Å². The molecule has 5 nitrogen and oxygen atoms in total. The molecule has 2 aromatic carbocycles. The van der Waals surface area contributed by atoms with E-state index in [0.717, 1.165) is 21.2 Å². The first kappa shape index (κ1) is 17.1. The Hall–Kier alpha value is -2.70. The zero-order chi connectivity index (χ0) is 18.0. The summed E-state index contributed by atoms with van der Waals surface area (Å²) in [6.45, 7) is 1.84. The number of carbonyl (C=O) groups excluding carboxylic acids is 1. The highest BCUT2D eigenvalue weighted by molar-refractivity contribution is 7.23. The number of rotatable bonds is 5. The van der Waals surface area contributed by atoms with Crippen molar-refractivity contribution in [3.63, 3.8) is 0 Å². The third-order valence-electron chi connectivity index (χ3n) is 4.01. The molecule has 128 valence electrons. The maximum absolute atomic E-state index is 13.0. The molecule has 0 atom stereocenters. The van der Waals surface area contributed by atoms with Crippen LogP contribution in [0.25, 0.3) is 10.1 Å². The van der Waals surface area contributed by atoms with Gasteiger partial charge >= 0.3 is 5.97 Å². The van der Waals surface area contributed by atoms with E-state index in [1.54, 1.807) is 18.2 Å². The van der Waals surface area contributed by atoms with Gasteiger partial charge in [-0.05, 0) is 41.6 Å². The largest absolute Gasteiger partial charge is 0.480 e. The van der Waals surface area contributed by atoms with Crippen molar-refractivity contribution in [2.75, 3.05) is 11.4 Å². The van der Waals surface area contributed by atoms with Crippen LogP contribution in [0.5, 0.6) is 0 Å². The van der Waals surface area contributed by atoms with E-state index in [0.29, 0.717) is 17.1 Å². The first-order valence-electron chi connectivity index (χ1n) is 7.82. The summed E-state index contributed by atoms with van der Waals surface area (Å²) in [6.07, 6.45) is 0. The molecule has 0 spiro atoms. The van der Waals surface area contributed by atoms with Crippen LogP contribution in [-0.4, -0.2) is 23.5 Å². The summed E-state index contributed by atoms with van der Waals surface area (Å²) in [5, 5.41) is 11.0. The Kier molecular flexibility index (Phi) is 4.83. The molecule has 3 rings (SSSR count). The number of nitrogens with zero attached hydrogens (tertiary/aromatic N) is 1. The lowest BCUT2D eigenvalue weighted by Gasteiger charge is -2.20. The van der Waals surface area contributed by atoms with Gasteiger partial charge in [-0.25, -0.2) is 0 Å². The van der Waals surface area contributed by atoms with E-state index in [1.165, 1.54) is 16.2 Å². The number of fused-ring (bicyclic) bond motifs is 1. The average molecular weight is 354 g/mol. The number of nitrogens with two attached hydrogens (primary N) is 1. The van der Waals surface area contributed by atoms with Gasteiger partial charge in [0.25, 0.3) is 5.91 Å². The Morgan fingerprint density at radius 3 is 2.60 bits per heavy atom. The number of carboxylic acid groups (broad SMARTS) is 1. The lowest BCUT2D eigenvalue weighted by Crippen LogP contribution is -2.35. The van der Waals surface area contributed by atoms with E-state index < -0.39 is 5.97 Å². The molecule has 0 fully saturated rings. The number of benzene rings is 2. The number of hydrogen-bond acceptors (Lipinski definition) is 4. The molecule has 0 aliphatic rings. The van der Waals surface area contributed by atoms with Crippen molar-refractivity contribution in [1.82, 2.24) is 0 Å². The molecule has 6 heteroatoms. The quantitative estimate of drug-likeness (QED) is 0.735. The van der Waals surface area contributed by atoms with Gasteiger partial charge in [-0.15, -0.1) is 11.3 Å².